The van der Waals surface area contributed by atoms with Crippen LogP contribution >= 0.6 is 0 Å². The number of allylic oxidation sites excluding steroid dienone is 7. The molecule has 0 aliphatic rings. The van der Waals surface area contributed by atoms with Crippen molar-refractivity contribution in [1.29, 1.82) is 0 Å². The summed E-state index contributed by atoms with van der Waals surface area (Å²) in [6, 6.07) is 4.70. The summed E-state index contributed by atoms with van der Waals surface area (Å²) < 4.78 is 0. The quantitative estimate of drug-likeness (QED) is 0.290. The molecule has 1 unspecified atom stereocenters. The van der Waals surface area contributed by atoms with E-state index in [1.807, 2.05) is 32.9 Å². The highest BCUT2D eigenvalue weighted by atomic mass is 14.3. The third kappa shape index (κ3) is 7.69. The van der Waals surface area contributed by atoms with Gasteiger partial charge in [-0.25, -0.2) is 0 Å². The van der Waals surface area contributed by atoms with Gasteiger partial charge >= 0.3 is 0 Å². The summed E-state index contributed by atoms with van der Waals surface area (Å²) in [5.41, 5.74) is 9.03. The zero-order valence-corrected chi connectivity index (χ0v) is 20.6. The third-order valence-corrected chi connectivity index (χ3v) is 5.97. The molecule has 1 atom stereocenters. The minimum absolute atomic E-state index is 0.236. The van der Waals surface area contributed by atoms with Crippen LogP contribution < -0.4 is 0 Å². The summed E-state index contributed by atoms with van der Waals surface area (Å²) in [5, 5.41) is 0. The lowest BCUT2D eigenvalue weighted by Gasteiger charge is -2.32. The molecule has 1 rings (SSSR count). The van der Waals surface area contributed by atoms with Crippen LogP contribution in [0, 0.1) is 25.2 Å². The Hall–Kier alpha value is -2.08. The van der Waals surface area contributed by atoms with Gasteiger partial charge in [0.15, 0.2) is 0 Å². The van der Waals surface area contributed by atoms with Crippen molar-refractivity contribution >= 4 is 5.57 Å². The molecule has 1 aromatic carbocycles. The van der Waals surface area contributed by atoms with Crippen molar-refractivity contribution in [1.82, 2.24) is 0 Å². The van der Waals surface area contributed by atoms with Crippen LogP contribution in [0.3, 0.4) is 0 Å². The highest BCUT2D eigenvalue weighted by Gasteiger charge is 2.25. The summed E-state index contributed by atoms with van der Waals surface area (Å²) in [4.78, 5) is 0. The first-order valence-corrected chi connectivity index (χ1v) is 10.9. The first kappa shape index (κ1) is 26.9. The highest BCUT2D eigenvalue weighted by Crippen LogP contribution is 2.35. The molecule has 0 fully saturated rings. The zero-order chi connectivity index (χ0) is 22.8. The monoisotopic (exact) mass is 392 g/mol. The fraction of sp³-hybridized carbons (Fsp3) is 0.448. The van der Waals surface area contributed by atoms with E-state index in [9.17, 15) is 0 Å². The molecule has 0 nitrogen and oxygen atoms in total. The van der Waals surface area contributed by atoms with Gasteiger partial charge in [-0.15, -0.1) is 6.58 Å². The maximum atomic E-state index is 4.23. The average molecular weight is 393 g/mol. The number of hydrogen-bond donors (Lipinski definition) is 0. The number of aryl methyl sites for hydroxylation is 2. The van der Waals surface area contributed by atoms with Crippen molar-refractivity contribution in [3.63, 3.8) is 0 Å². The number of rotatable bonds is 9. The molecule has 160 valence electrons. The van der Waals surface area contributed by atoms with Crippen LogP contribution in [0.1, 0.15) is 77.1 Å². The van der Waals surface area contributed by atoms with E-state index >= 15 is 0 Å². The van der Waals surface area contributed by atoms with Crippen LogP contribution in [0.2, 0.25) is 0 Å². The molecule has 0 spiro atoms. The van der Waals surface area contributed by atoms with E-state index < -0.39 is 0 Å². The molecule has 0 radical (unpaired) electrons. The molecule has 0 saturated heterocycles. The van der Waals surface area contributed by atoms with Gasteiger partial charge in [-0.2, -0.15) is 0 Å². The van der Waals surface area contributed by atoms with Crippen molar-refractivity contribution < 1.29 is 0 Å². The fourth-order valence-electron chi connectivity index (χ4n) is 3.45. The van der Waals surface area contributed by atoms with Crippen LogP contribution in [0.25, 0.3) is 5.57 Å². The molecule has 0 heteroatoms. The van der Waals surface area contributed by atoms with Crippen LogP contribution in [0.5, 0.6) is 0 Å². The first-order chi connectivity index (χ1) is 13.6. The van der Waals surface area contributed by atoms with Gasteiger partial charge in [0.25, 0.3) is 0 Å². The normalized spacial score (nSPS) is 13.3. The Bertz CT molecular complexity index is 765. The van der Waals surface area contributed by atoms with Gasteiger partial charge in [0.2, 0.25) is 0 Å². The van der Waals surface area contributed by atoms with Gasteiger partial charge in [0, 0.05) is 0 Å². The van der Waals surface area contributed by atoms with Gasteiger partial charge in [0.05, 0.1) is 0 Å². The molecular weight excluding hydrogens is 348 g/mol. The summed E-state index contributed by atoms with van der Waals surface area (Å²) >= 11 is 0. The van der Waals surface area contributed by atoms with Gasteiger partial charge in [-0.3, -0.25) is 0 Å². The van der Waals surface area contributed by atoms with Crippen molar-refractivity contribution in [3.05, 3.63) is 89.6 Å². The van der Waals surface area contributed by atoms with E-state index in [1.54, 1.807) is 0 Å². The summed E-state index contributed by atoms with van der Waals surface area (Å²) in [6.45, 7) is 31.7. The SMILES string of the molecule is C=CCC(C)(C)C(C)Cc1cc(C)c(C)cc1/C(C)=C/C(=C)/C(C=C)=C\C.CC. The number of benzene rings is 1. The Labute approximate surface area is 181 Å². The Morgan fingerprint density at radius 2 is 1.66 bits per heavy atom. The highest BCUT2D eigenvalue weighted by molar-refractivity contribution is 5.72. The maximum Gasteiger partial charge on any atom is -0.0192 e. The van der Waals surface area contributed by atoms with Crippen LogP contribution in [0.15, 0.2) is 67.3 Å². The molecule has 0 aliphatic carbocycles. The predicted octanol–water partition coefficient (Wildman–Crippen LogP) is 9.20. The number of hydrogen-bond acceptors (Lipinski definition) is 0. The van der Waals surface area contributed by atoms with Crippen LogP contribution in [-0.4, -0.2) is 0 Å². The Morgan fingerprint density at radius 3 is 2.14 bits per heavy atom. The van der Waals surface area contributed by atoms with E-state index in [2.05, 4.69) is 85.6 Å². The molecule has 0 aliphatic heterocycles. The molecule has 0 heterocycles. The van der Waals surface area contributed by atoms with Gasteiger partial charge in [-0.05, 0) is 90.8 Å². The largest absolute Gasteiger partial charge is 0.103 e. The molecule has 0 aromatic heterocycles. The van der Waals surface area contributed by atoms with Crippen molar-refractivity contribution in [2.24, 2.45) is 11.3 Å². The minimum atomic E-state index is 0.236. The second kappa shape index (κ2) is 12.5. The van der Waals surface area contributed by atoms with E-state index in [-0.39, 0.29) is 5.41 Å². The summed E-state index contributed by atoms with van der Waals surface area (Å²) in [7, 11) is 0. The van der Waals surface area contributed by atoms with Crippen molar-refractivity contribution in [2.75, 3.05) is 0 Å². The second-order valence-electron chi connectivity index (χ2n) is 8.48. The maximum absolute atomic E-state index is 4.23. The summed E-state index contributed by atoms with van der Waals surface area (Å²) in [6.07, 6.45) is 10.2. The lowest BCUT2D eigenvalue weighted by atomic mass is 9.73. The third-order valence-electron chi connectivity index (χ3n) is 5.97. The van der Waals surface area contributed by atoms with Gasteiger partial charge in [-0.1, -0.05) is 84.2 Å². The minimum Gasteiger partial charge on any atom is -0.103 e. The molecule has 29 heavy (non-hydrogen) atoms. The summed E-state index contributed by atoms with van der Waals surface area (Å²) in [5.74, 6) is 0.562. The lowest BCUT2D eigenvalue weighted by molar-refractivity contribution is 0.232. The molecule has 1 aromatic rings. The predicted molar refractivity (Wildman–Crippen MR) is 135 cm³/mol. The lowest BCUT2D eigenvalue weighted by Crippen LogP contribution is -2.23. The molecule has 0 amide bonds. The average Bonchev–Trinajstić information content (AvgIpc) is 2.66. The topological polar surface area (TPSA) is 0 Å². The Morgan fingerprint density at radius 1 is 1.10 bits per heavy atom. The van der Waals surface area contributed by atoms with Crippen molar-refractivity contribution in [3.8, 4) is 0 Å². The fourth-order valence-corrected chi connectivity index (χ4v) is 3.45. The Kier molecular flexibility index (Phi) is 11.6. The Balaban J connectivity index is 0.00000379. The van der Waals surface area contributed by atoms with Gasteiger partial charge in [0.1, 0.15) is 0 Å². The zero-order valence-electron chi connectivity index (χ0n) is 20.6. The van der Waals surface area contributed by atoms with Crippen LogP contribution in [-0.2, 0) is 6.42 Å². The van der Waals surface area contributed by atoms with E-state index in [1.165, 1.54) is 27.8 Å². The van der Waals surface area contributed by atoms with Crippen molar-refractivity contribution in [2.45, 2.75) is 75.2 Å². The smallest absolute Gasteiger partial charge is 0.0192 e. The first-order valence-electron chi connectivity index (χ1n) is 10.9. The molecule has 0 bridgehead atoms. The standard InChI is InChI=1S/C27H38.C2H6/c1-11-14-27(9,10)23(8)18-25-16-19(4)20(5)17-26(25)22(7)15-21(6)24(12-2)13-3;1-2/h11-13,15-17,23H,1-2,6,14,18H2,3-5,7-10H3;1-2H3/b22-15+,24-13-;. The molecule has 0 N–H and O–H groups in total. The van der Waals surface area contributed by atoms with Crippen LogP contribution in [0.4, 0.5) is 0 Å². The second-order valence-corrected chi connectivity index (χ2v) is 8.48. The van der Waals surface area contributed by atoms with E-state index in [0.29, 0.717) is 5.92 Å². The van der Waals surface area contributed by atoms with E-state index in [4.69, 9.17) is 0 Å². The molecule has 0 saturated carbocycles. The molecular formula is C29H44. The van der Waals surface area contributed by atoms with E-state index in [0.717, 1.165) is 24.0 Å². The van der Waals surface area contributed by atoms with Gasteiger partial charge < -0.3 is 0 Å².